The highest BCUT2D eigenvalue weighted by molar-refractivity contribution is 7.99. The first-order chi connectivity index (χ1) is 14.5. The molecule has 2 aliphatic rings. The summed E-state index contributed by atoms with van der Waals surface area (Å²) in [6, 6.07) is 8.24. The number of hydrogen-bond donors (Lipinski definition) is 0. The van der Waals surface area contributed by atoms with Crippen molar-refractivity contribution in [1.29, 1.82) is 0 Å². The molecule has 0 aliphatic carbocycles. The molecule has 2 aromatic rings. The molecule has 1 atom stereocenters. The summed E-state index contributed by atoms with van der Waals surface area (Å²) in [7, 11) is -2.88. The minimum Gasteiger partial charge on any atom is -0.339 e. The molecule has 1 unspecified atom stereocenters. The monoisotopic (exact) mass is 449 g/mol. The molecular weight excluding hydrogens is 422 g/mol. The zero-order valence-corrected chi connectivity index (χ0v) is 18.7. The van der Waals surface area contributed by atoms with E-state index in [4.69, 9.17) is 0 Å². The first-order valence-electron chi connectivity index (χ1n) is 10.3. The smallest absolute Gasteiger partial charge is 0.233 e. The van der Waals surface area contributed by atoms with Gasteiger partial charge in [0.15, 0.2) is 15.0 Å². The number of carbonyl (C=O) groups is 1. The average Bonchev–Trinajstić information content (AvgIpc) is 3.38. The first-order valence-corrected chi connectivity index (χ1v) is 13.1. The quantitative estimate of drug-likeness (QED) is 0.613. The van der Waals surface area contributed by atoms with Gasteiger partial charge in [0.2, 0.25) is 5.91 Å². The van der Waals surface area contributed by atoms with Crippen LogP contribution in [0.2, 0.25) is 0 Å². The van der Waals surface area contributed by atoms with Crippen LogP contribution in [0.4, 0.5) is 0 Å². The Morgan fingerprint density at radius 1 is 1.20 bits per heavy atom. The molecule has 0 bridgehead atoms. The molecule has 0 saturated carbocycles. The van der Waals surface area contributed by atoms with Gasteiger partial charge in [-0.2, -0.15) is 0 Å². The van der Waals surface area contributed by atoms with Crippen LogP contribution in [-0.2, 0) is 21.1 Å². The van der Waals surface area contributed by atoms with E-state index in [0.717, 1.165) is 25.2 Å². The lowest BCUT2D eigenvalue weighted by Crippen LogP contribution is -2.52. The van der Waals surface area contributed by atoms with Gasteiger partial charge < -0.3 is 4.90 Å². The van der Waals surface area contributed by atoms with Gasteiger partial charge in [0.25, 0.3) is 0 Å². The van der Waals surface area contributed by atoms with Crippen molar-refractivity contribution < 1.29 is 13.2 Å². The summed E-state index contributed by atoms with van der Waals surface area (Å²) < 4.78 is 25.4. The van der Waals surface area contributed by atoms with Crippen molar-refractivity contribution in [2.45, 2.75) is 31.0 Å². The van der Waals surface area contributed by atoms with Gasteiger partial charge >= 0.3 is 0 Å². The minimum absolute atomic E-state index is 0.0806. The third-order valence-electron chi connectivity index (χ3n) is 5.87. The second-order valence-corrected chi connectivity index (χ2v) is 10.9. The predicted molar refractivity (Wildman–Crippen MR) is 117 cm³/mol. The Balaban J connectivity index is 1.32. The Morgan fingerprint density at radius 2 is 1.97 bits per heavy atom. The molecular formula is C20H27N5O3S2. The third-order valence-corrected chi connectivity index (χ3v) is 8.54. The van der Waals surface area contributed by atoms with E-state index in [2.05, 4.69) is 28.1 Å². The van der Waals surface area contributed by atoms with Crippen molar-refractivity contribution in [2.75, 3.05) is 43.4 Å². The van der Waals surface area contributed by atoms with Crippen LogP contribution in [0.25, 0.3) is 5.69 Å². The SMILES string of the molecule is CCc1ccccc1-n1cnnc1SCC(=O)N1CCN(C2CCS(=O)(=O)C2)CC1. The fourth-order valence-electron chi connectivity index (χ4n) is 4.15. The van der Waals surface area contributed by atoms with Crippen molar-refractivity contribution >= 4 is 27.5 Å². The zero-order valence-electron chi connectivity index (χ0n) is 17.1. The molecule has 30 heavy (non-hydrogen) atoms. The van der Waals surface area contributed by atoms with Crippen molar-refractivity contribution in [3.05, 3.63) is 36.2 Å². The Morgan fingerprint density at radius 3 is 2.67 bits per heavy atom. The van der Waals surface area contributed by atoms with Gasteiger partial charge in [-0.25, -0.2) is 8.42 Å². The Labute approximate surface area is 181 Å². The maximum absolute atomic E-state index is 12.7. The fraction of sp³-hybridized carbons (Fsp3) is 0.550. The lowest BCUT2D eigenvalue weighted by atomic mass is 10.1. The molecule has 2 saturated heterocycles. The molecule has 3 heterocycles. The van der Waals surface area contributed by atoms with Crippen LogP contribution >= 0.6 is 11.8 Å². The molecule has 8 nitrogen and oxygen atoms in total. The Hall–Kier alpha value is -1.91. The summed E-state index contributed by atoms with van der Waals surface area (Å²) in [5.74, 6) is 0.934. The van der Waals surface area contributed by atoms with Crippen LogP contribution in [0.5, 0.6) is 0 Å². The number of sulfone groups is 1. The van der Waals surface area contributed by atoms with Crippen LogP contribution in [0.15, 0.2) is 35.7 Å². The van der Waals surface area contributed by atoms with E-state index in [1.807, 2.05) is 27.7 Å². The second-order valence-electron chi connectivity index (χ2n) is 7.73. The van der Waals surface area contributed by atoms with E-state index in [1.54, 1.807) is 6.33 Å². The lowest BCUT2D eigenvalue weighted by Gasteiger charge is -2.37. The van der Waals surface area contributed by atoms with Gasteiger partial charge in [-0.1, -0.05) is 36.9 Å². The van der Waals surface area contributed by atoms with Crippen LogP contribution in [0.1, 0.15) is 18.9 Å². The van der Waals surface area contributed by atoms with Crippen molar-refractivity contribution in [2.24, 2.45) is 0 Å². The highest BCUT2D eigenvalue weighted by Gasteiger charge is 2.34. The molecule has 1 aromatic heterocycles. The van der Waals surface area contributed by atoms with Crippen LogP contribution in [-0.4, -0.2) is 88.4 Å². The lowest BCUT2D eigenvalue weighted by molar-refractivity contribution is -0.130. The average molecular weight is 450 g/mol. The number of nitrogens with zero attached hydrogens (tertiary/aromatic N) is 5. The van der Waals surface area contributed by atoms with Crippen molar-refractivity contribution in [3.8, 4) is 5.69 Å². The molecule has 162 valence electrons. The van der Waals surface area contributed by atoms with Crippen LogP contribution in [0.3, 0.4) is 0 Å². The van der Waals surface area contributed by atoms with Crippen molar-refractivity contribution in [3.63, 3.8) is 0 Å². The fourth-order valence-corrected chi connectivity index (χ4v) is 6.74. The molecule has 1 aromatic carbocycles. The molecule has 2 fully saturated rings. The number of benzene rings is 1. The van der Waals surface area contributed by atoms with Gasteiger partial charge in [-0.05, 0) is 24.5 Å². The van der Waals surface area contributed by atoms with E-state index in [9.17, 15) is 13.2 Å². The molecule has 0 radical (unpaired) electrons. The summed E-state index contributed by atoms with van der Waals surface area (Å²) in [6.07, 6.45) is 3.31. The molecule has 2 aliphatic heterocycles. The number of thioether (sulfide) groups is 1. The Bertz CT molecular complexity index is 999. The van der Waals surface area contributed by atoms with Gasteiger partial charge in [0, 0.05) is 32.2 Å². The molecule has 10 heteroatoms. The highest BCUT2D eigenvalue weighted by atomic mass is 32.2. The van der Waals surface area contributed by atoms with Crippen LogP contribution < -0.4 is 0 Å². The topological polar surface area (TPSA) is 88.4 Å². The van der Waals surface area contributed by atoms with Gasteiger partial charge in [-0.3, -0.25) is 14.3 Å². The van der Waals surface area contributed by atoms with Gasteiger partial charge in [0.1, 0.15) is 6.33 Å². The number of para-hydroxylation sites is 1. The molecule has 0 N–H and O–H groups in total. The number of aryl methyl sites for hydroxylation is 1. The van der Waals surface area contributed by atoms with Crippen molar-refractivity contribution in [1.82, 2.24) is 24.6 Å². The maximum Gasteiger partial charge on any atom is 0.233 e. The minimum atomic E-state index is -2.88. The molecule has 0 spiro atoms. The summed E-state index contributed by atoms with van der Waals surface area (Å²) in [5, 5.41) is 8.95. The van der Waals surface area contributed by atoms with E-state index >= 15 is 0 Å². The number of rotatable bonds is 6. The van der Waals surface area contributed by atoms with Gasteiger partial charge in [0.05, 0.1) is 22.9 Å². The maximum atomic E-state index is 12.7. The molecule has 1 amide bonds. The normalized spacial score (nSPS) is 21.8. The standard InChI is InChI=1S/C20H27N5O3S2/c1-2-16-5-3-4-6-18(16)25-15-21-22-20(25)29-13-19(26)24-10-8-23(9-11-24)17-7-12-30(27,28)14-17/h3-6,15,17H,2,7-14H2,1H3. The van der Waals surface area contributed by atoms with E-state index < -0.39 is 9.84 Å². The summed E-state index contributed by atoms with van der Waals surface area (Å²) in [4.78, 5) is 16.8. The highest BCUT2D eigenvalue weighted by Crippen LogP contribution is 2.24. The second kappa shape index (κ2) is 9.07. The predicted octanol–water partition coefficient (Wildman–Crippen LogP) is 1.25. The van der Waals surface area contributed by atoms with Gasteiger partial charge in [-0.15, -0.1) is 10.2 Å². The summed E-state index contributed by atoms with van der Waals surface area (Å²) in [5.41, 5.74) is 2.25. The van der Waals surface area contributed by atoms with E-state index in [0.29, 0.717) is 30.4 Å². The third kappa shape index (κ3) is 4.70. The molecule has 4 rings (SSSR count). The number of piperazine rings is 1. The number of hydrogen-bond acceptors (Lipinski definition) is 7. The summed E-state index contributed by atoms with van der Waals surface area (Å²) >= 11 is 1.40. The number of amides is 1. The first kappa shape index (κ1) is 21.3. The summed E-state index contributed by atoms with van der Waals surface area (Å²) in [6.45, 7) is 4.86. The number of carbonyl (C=O) groups excluding carboxylic acids is 1. The van der Waals surface area contributed by atoms with E-state index in [1.165, 1.54) is 17.3 Å². The Kier molecular flexibility index (Phi) is 6.45. The zero-order chi connectivity index (χ0) is 21.1. The van der Waals surface area contributed by atoms with Crippen LogP contribution in [0, 0.1) is 0 Å². The largest absolute Gasteiger partial charge is 0.339 e. The number of aromatic nitrogens is 3. The van der Waals surface area contributed by atoms with E-state index in [-0.39, 0.29) is 23.5 Å².